The highest BCUT2D eigenvalue weighted by Crippen LogP contribution is 2.53. The summed E-state index contributed by atoms with van der Waals surface area (Å²) in [6, 6.07) is 30.4. The molecule has 1 aliphatic rings. The molecule has 2 N–H and O–H groups in total. The molecule has 45 heavy (non-hydrogen) atoms. The van der Waals surface area contributed by atoms with Crippen molar-refractivity contribution in [2.75, 3.05) is 14.1 Å². The minimum atomic E-state index is -2.14. The van der Waals surface area contributed by atoms with E-state index in [0.29, 0.717) is 22.3 Å². The second-order valence-electron chi connectivity index (χ2n) is 11.0. The number of imide groups is 2. The van der Waals surface area contributed by atoms with Gasteiger partial charge in [0, 0.05) is 35.9 Å². The number of carbonyl (C=O) groups is 3. The first-order valence-corrected chi connectivity index (χ1v) is 15.5. The summed E-state index contributed by atoms with van der Waals surface area (Å²) >= 11 is 6.87. The largest absolute Gasteiger partial charge is 0.332 e. The quantitative estimate of drug-likeness (QED) is 0.101. The molecular weight excluding hydrogens is 708 g/mol. The third-order valence-electron chi connectivity index (χ3n) is 8.52. The molecule has 0 saturated carbocycles. The SMILES string of the molecule is CN1C(=O)N(C)C(=O)C(CC(OO)(c2ccccc2)c2ccc(Br)cc2)(CC(OO)(c2ccccc2)c2ccc(Br)cc2)C1=O. The Balaban J connectivity index is 1.83. The Morgan fingerprint density at radius 2 is 0.889 bits per heavy atom. The first-order chi connectivity index (χ1) is 21.5. The molecular formula is C34H30Br2N2O7. The van der Waals surface area contributed by atoms with Crippen LogP contribution in [0.15, 0.2) is 118 Å². The zero-order valence-electron chi connectivity index (χ0n) is 24.4. The first kappa shape index (κ1) is 32.7. The smallest absolute Gasteiger partial charge is 0.273 e. The van der Waals surface area contributed by atoms with Gasteiger partial charge in [0.2, 0.25) is 11.8 Å². The Morgan fingerprint density at radius 3 is 1.20 bits per heavy atom. The average Bonchev–Trinajstić information content (AvgIpc) is 3.08. The molecule has 9 nitrogen and oxygen atoms in total. The Hall–Kier alpha value is -3.71. The van der Waals surface area contributed by atoms with Crippen molar-refractivity contribution in [3.8, 4) is 0 Å². The molecule has 0 radical (unpaired) electrons. The maximum Gasteiger partial charge on any atom is 0.332 e. The van der Waals surface area contributed by atoms with Crippen molar-refractivity contribution in [2.45, 2.75) is 24.0 Å². The molecule has 2 atom stereocenters. The van der Waals surface area contributed by atoms with Crippen LogP contribution in [0.4, 0.5) is 4.79 Å². The lowest BCUT2D eigenvalue weighted by Gasteiger charge is -2.48. The van der Waals surface area contributed by atoms with Crippen molar-refractivity contribution in [1.29, 1.82) is 0 Å². The predicted molar refractivity (Wildman–Crippen MR) is 173 cm³/mol. The molecule has 0 aromatic heterocycles. The van der Waals surface area contributed by atoms with Crippen LogP contribution in [0.5, 0.6) is 0 Å². The maximum absolute atomic E-state index is 14.6. The van der Waals surface area contributed by atoms with E-state index < -0.39 is 47.3 Å². The van der Waals surface area contributed by atoms with E-state index in [1.807, 2.05) is 0 Å². The highest BCUT2D eigenvalue weighted by atomic mass is 79.9. The van der Waals surface area contributed by atoms with Gasteiger partial charge in [0.15, 0.2) is 11.2 Å². The van der Waals surface area contributed by atoms with Crippen LogP contribution in [-0.4, -0.2) is 52.3 Å². The zero-order chi connectivity index (χ0) is 32.4. The lowest BCUT2D eigenvalue weighted by molar-refractivity contribution is -0.333. The minimum Gasteiger partial charge on any atom is -0.273 e. The molecule has 1 fully saturated rings. The van der Waals surface area contributed by atoms with Crippen LogP contribution in [0.25, 0.3) is 0 Å². The van der Waals surface area contributed by atoms with E-state index in [-0.39, 0.29) is 0 Å². The zero-order valence-corrected chi connectivity index (χ0v) is 27.6. The lowest BCUT2D eigenvalue weighted by atomic mass is 9.63. The first-order valence-electron chi connectivity index (χ1n) is 13.9. The second kappa shape index (κ2) is 13.0. The van der Waals surface area contributed by atoms with E-state index >= 15 is 0 Å². The fraction of sp³-hybridized carbons (Fsp3) is 0.206. The van der Waals surface area contributed by atoms with Gasteiger partial charge in [0.1, 0.15) is 5.41 Å². The van der Waals surface area contributed by atoms with Crippen LogP contribution in [0, 0.1) is 5.41 Å². The third-order valence-corrected chi connectivity index (χ3v) is 9.57. The predicted octanol–water partition coefficient (Wildman–Crippen LogP) is 7.20. The molecule has 0 spiro atoms. The second-order valence-corrected chi connectivity index (χ2v) is 12.9. The van der Waals surface area contributed by atoms with Gasteiger partial charge in [-0.05, 0) is 46.5 Å². The fourth-order valence-corrected chi connectivity index (χ4v) is 6.75. The van der Waals surface area contributed by atoms with Crippen molar-refractivity contribution in [3.63, 3.8) is 0 Å². The Bertz CT molecular complexity index is 1560. The van der Waals surface area contributed by atoms with Gasteiger partial charge < -0.3 is 0 Å². The summed E-state index contributed by atoms with van der Waals surface area (Å²) in [5.41, 5.74) is -4.00. The Morgan fingerprint density at radius 1 is 0.578 bits per heavy atom. The van der Waals surface area contributed by atoms with Gasteiger partial charge in [-0.25, -0.2) is 14.6 Å². The molecule has 5 rings (SSSR count). The normalized spacial score (nSPS) is 17.6. The third kappa shape index (κ3) is 5.65. The molecule has 2 unspecified atom stereocenters. The summed E-state index contributed by atoms with van der Waals surface area (Å²) in [4.78, 5) is 54.8. The van der Waals surface area contributed by atoms with Crippen molar-refractivity contribution in [1.82, 2.24) is 9.80 Å². The van der Waals surface area contributed by atoms with E-state index in [9.17, 15) is 24.9 Å². The molecule has 1 heterocycles. The van der Waals surface area contributed by atoms with Crippen molar-refractivity contribution >= 4 is 49.7 Å². The molecule has 4 amide bonds. The van der Waals surface area contributed by atoms with Crippen LogP contribution in [-0.2, 0) is 30.6 Å². The summed E-state index contributed by atoms with van der Waals surface area (Å²) in [6.07, 6.45) is -0.952. The van der Waals surface area contributed by atoms with Crippen LogP contribution in [0.2, 0.25) is 0 Å². The van der Waals surface area contributed by atoms with Gasteiger partial charge in [-0.2, -0.15) is 0 Å². The number of nitrogens with zero attached hydrogens (tertiary/aromatic N) is 2. The van der Waals surface area contributed by atoms with Crippen molar-refractivity contribution in [2.24, 2.45) is 5.41 Å². The number of hydrogen-bond acceptors (Lipinski definition) is 7. The van der Waals surface area contributed by atoms with Gasteiger partial charge in [0.05, 0.1) is 0 Å². The van der Waals surface area contributed by atoms with Gasteiger partial charge >= 0.3 is 6.03 Å². The molecule has 4 aromatic rings. The number of benzene rings is 4. The van der Waals surface area contributed by atoms with E-state index in [0.717, 1.165) is 18.7 Å². The van der Waals surface area contributed by atoms with Crippen LogP contribution in [0.1, 0.15) is 35.1 Å². The highest BCUT2D eigenvalue weighted by Gasteiger charge is 2.63. The van der Waals surface area contributed by atoms with E-state index in [4.69, 9.17) is 9.78 Å². The summed E-state index contributed by atoms with van der Waals surface area (Å²) in [6.45, 7) is 0. The standard InChI is InChI=1S/C34H30Br2N2O7/c1-37-29(39)32(30(40)38(2)31(37)41,21-33(44-42,23-9-5-3-6-10-23)25-13-17-27(35)18-14-25)22-34(45-43,24-11-7-4-8-12-24)26-15-19-28(36)20-16-26/h3-20,42-43H,21-22H2,1-2H3. The van der Waals surface area contributed by atoms with E-state index in [1.165, 1.54) is 14.1 Å². The molecule has 0 aliphatic carbocycles. The van der Waals surface area contributed by atoms with Gasteiger partial charge in [-0.1, -0.05) is 117 Å². The maximum atomic E-state index is 14.6. The van der Waals surface area contributed by atoms with Crippen LogP contribution >= 0.6 is 31.9 Å². The van der Waals surface area contributed by atoms with Crippen molar-refractivity contribution in [3.05, 3.63) is 140 Å². The summed E-state index contributed by atoms with van der Waals surface area (Å²) in [7, 11) is 2.57. The van der Waals surface area contributed by atoms with Crippen LogP contribution in [0.3, 0.4) is 0 Å². The van der Waals surface area contributed by atoms with Crippen LogP contribution < -0.4 is 0 Å². The summed E-state index contributed by atoms with van der Waals surface area (Å²) < 4.78 is 1.51. The Labute approximate surface area is 277 Å². The van der Waals surface area contributed by atoms with E-state index in [2.05, 4.69) is 31.9 Å². The minimum absolute atomic E-state index is 0.431. The molecule has 4 aromatic carbocycles. The number of rotatable bonds is 10. The Kier molecular flexibility index (Phi) is 9.41. The topological polar surface area (TPSA) is 117 Å². The number of barbiturate groups is 1. The number of carbonyl (C=O) groups excluding carboxylic acids is 3. The molecule has 0 bridgehead atoms. The number of urea groups is 1. The highest BCUT2D eigenvalue weighted by molar-refractivity contribution is 9.10. The van der Waals surface area contributed by atoms with Crippen molar-refractivity contribution < 1.29 is 34.7 Å². The van der Waals surface area contributed by atoms with Gasteiger partial charge in [-0.15, -0.1) is 0 Å². The van der Waals surface area contributed by atoms with E-state index in [1.54, 1.807) is 109 Å². The fourth-order valence-electron chi connectivity index (χ4n) is 6.22. The molecule has 11 heteroatoms. The van der Waals surface area contributed by atoms with Gasteiger partial charge in [0.25, 0.3) is 0 Å². The lowest BCUT2D eigenvalue weighted by Crippen LogP contribution is -2.66. The summed E-state index contributed by atoms with van der Waals surface area (Å²) in [5, 5.41) is 21.7. The number of amides is 4. The molecule has 232 valence electrons. The van der Waals surface area contributed by atoms with Gasteiger partial charge in [-0.3, -0.25) is 29.9 Å². The monoisotopic (exact) mass is 736 g/mol. The average molecular weight is 738 g/mol. The summed E-state index contributed by atoms with van der Waals surface area (Å²) in [5.74, 6) is -1.70. The molecule has 1 aliphatic heterocycles. The number of halogens is 2. The molecule has 1 saturated heterocycles. The number of hydrogen-bond donors (Lipinski definition) is 2.